The van der Waals surface area contributed by atoms with Gasteiger partial charge in [-0.2, -0.15) is 0 Å². The molecule has 1 saturated heterocycles. The van der Waals surface area contributed by atoms with E-state index < -0.39 is 131 Å². The number of ether oxygens (including phenoxy) is 7. The van der Waals surface area contributed by atoms with Crippen molar-refractivity contribution in [2.45, 2.75) is 142 Å². The predicted molar refractivity (Wildman–Crippen MR) is 245 cm³/mol. The van der Waals surface area contributed by atoms with Crippen molar-refractivity contribution >= 4 is 41.7 Å². The highest BCUT2D eigenvalue weighted by molar-refractivity contribution is 5.92. The van der Waals surface area contributed by atoms with Gasteiger partial charge in [-0.1, -0.05) is 69.3 Å². The summed E-state index contributed by atoms with van der Waals surface area (Å²) in [5.41, 5.74) is -7.25. The third kappa shape index (κ3) is 10.3. The molecule has 3 fully saturated rings. The number of hydrogen-bond donors (Lipinski definition) is 4. The molecule has 2 bridgehead atoms. The molecule has 11 atom stereocenters. The van der Waals surface area contributed by atoms with E-state index in [0.717, 1.165) is 0 Å². The fourth-order valence-corrected chi connectivity index (χ4v) is 10.9. The number of carbonyl (C=O) groups excluding carboxylic acids is 7. The zero-order chi connectivity index (χ0) is 50.9. The number of aliphatic hydroxyl groups excluding tert-OH is 1. The first-order valence-corrected chi connectivity index (χ1v) is 23.3. The number of aliphatic hydroxyl groups is 2. The first kappa shape index (κ1) is 52.7. The molecule has 3 aliphatic carbocycles. The van der Waals surface area contributed by atoms with Gasteiger partial charge in [0.05, 0.1) is 36.2 Å². The van der Waals surface area contributed by atoms with E-state index in [1.54, 1.807) is 104 Å². The number of alkyl carbamates (subject to hydrolysis) is 1. The molecule has 18 heteroatoms. The van der Waals surface area contributed by atoms with Crippen LogP contribution in [-0.2, 0) is 57.1 Å². The Bertz CT molecular complexity index is 2310. The summed E-state index contributed by atoms with van der Waals surface area (Å²) < 4.78 is 41.5. The molecule has 1 heterocycles. The van der Waals surface area contributed by atoms with E-state index in [1.165, 1.54) is 26.0 Å². The van der Waals surface area contributed by atoms with Crippen LogP contribution in [0, 0.1) is 22.7 Å². The SMILES string of the molecule is CCOCCC(=O)NCC(=O)O[C@@H](C(=O)O[C@H]1C[C@@]2(O)[C@@H](OC(=O)c3ccccc3)[C@@H]3[C@]4(OC(C)=O)CO[C@@H]4C[C@H](O)[C@@]3(C)C(=O)[C@H](C)C(=C1C)C2(C)C)[C@@H](NC(=O)OC(C)(C)C)c1ccccc1. The van der Waals surface area contributed by atoms with Crippen molar-refractivity contribution < 1.29 is 76.9 Å². The van der Waals surface area contributed by atoms with Gasteiger partial charge in [0.25, 0.3) is 0 Å². The van der Waals surface area contributed by atoms with Crippen LogP contribution in [0.4, 0.5) is 4.79 Å². The van der Waals surface area contributed by atoms with Gasteiger partial charge in [-0.3, -0.25) is 19.2 Å². The number of rotatable bonds is 15. The number of nitrogens with one attached hydrogen (secondary N) is 2. The largest absolute Gasteiger partial charge is 0.455 e. The molecule has 2 aromatic carbocycles. The van der Waals surface area contributed by atoms with Crippen LogP contribution < -0.4 is 10.6 Å². The van der Waals surface area contributed by atoms with Crippen LogP contribution in [0.15, 0.2) is 71.8 Å². The van der Waals surface area contributed by atoms with Crippen LogP contribution in [0.5, 0.6) is 0 Å². The Morgan fingerprint density at radius 3 is 2.17 bits per heavy atom. The van der Waals surface area contributed by atoms with E-state index in [1.807, 2.05) is 0 Å². The summed E-state index contributed by atoms with van der Waals surface area (Å²) in [6.45, 7) is 15.5. The van der Waals surface area contributed by atoms with Gasteiger partial charge < -0.3 is 54.0 Å². The molecule has 0 unspecified atom stereocenters. The van der Waals surface area contributed by atoms with Crippen LogP contribution in [-0.4, -0.2) is 126 Å². The van der Waals surface area contributed by atoms with Crippen molar-refractivity contribution in [3.8, 4) is 0 Å². The Labute approximate surface area is 402 Å². The monoisotopic (exact) mass is 962 g/mol. The Morgan fingerprint density at radius 1 is 0.957 bits per heavy atom. The summed E-state index contributed by atoms with van der Waals surface area (Å²) in [6, 6.07) is 14.6. The summed E-state index contributed by atoms with van der Waals surface area (Å²) in [7, 11) is 0. The second kappa shape index (κ2) is 20.3. The lowest BCUT2D eigenvalue weighted by atomic mass is 9.43. The molecule has 4 aliphatic rings. The third-order valence-electron chi connectivity index (χ3n) is 14.2. The maximum absolute atomic E-state index is 15.4. The Kier molecular flexibility index (Phi) is 15.5. The molecule has 0 radical (unpaired) electrons. The molecule has 0 aromatic heterocycles. The van der Waals surface area contributed by atoms with Crippen molar-refractivity contribution in [1.29, 1.82) is 0 Å². The van der Waals surface area contributed by atoms with Crippen LogP contribution in [0.3, 0.4) is 0 Å². The van der Waals surface area contributed by atoms with Gasteiger partial charge in [-0.05, 0) is 70.4 Å². The summed E-state index contributed by atoms with van der Waals surface area (Å²) >= 11 is 0. The number of amides is 2. The van der Waals surface area contributed by atoms with Crippen LogP contribution in [0.1, 0.15) is 110 Å². The van der Waals surface area contributed by atoms with Crippen molar-refractivity contribution in [3.05, 3.63) is 82.9 Å². The van der Waals surface area contributed by atoms with Crippen molar-refractivity contribution in [2.75, 3.05) is 26.4 Å². The highest BCUT2D eigenvalue weighted by Crippen LogP contribution is 2.65. The molecule has 0 spiro atoms. The third-order valence-corrected chi connectivity index (χ3v) is 14.2. The van der Waals surface area contributed by atoms with E-state index in [9.17, 15) is 34.2 Å². The second-order valence-corrected chi connectivity index (χ2v) is 20.1. The lowest BCUT2D eigenvalue weighted by Gasteiger charge is -2.67. The van der Waals surface area contributed by atoms with E-state index in [-0.39, 0.29) is 37.2 Å². The van der Waals surface area contributed by atoms with Gasteiger partial charge in [-0.15, -0.1) is 0 Å². The highest BCUT2D eigenvalue weighted by atomic mass is 16.6. The average molecular weight is 963 g/mol. The molecule has 4 N–H and O–H groups in total. The quantitative estimate of drug-likeness (QED) is 0.0822. The number of Topliss-reactive ketones (excluding diaryl/α,β-unsaturated/α-hetero) is 1. The van der Waals surface area contributed by atoms with Crippen molar-refractivity contribution in [2.24, 2.45) is 22.7 Å². The minimum Gasteiger partial charge on any atom is -0.455 e. The van der Waals surface area contributed by atoms with E-state index in [0.29, 0.717) is 17.8 Å². The summed E-state index contributed by atoms with van der Waals surface area (Å²) in [5, 5.41) is 31.0. The molecular weight excluding hydrogens is 897 g/mol. The van der Waals surface area contributed by atoms with E-state index in [4.69, 9.17) is 33.2 Å². The van der Waals surface area contributed by atoms with Gasteiger partial charge >= 0.3 is 30.0 Å². The highest BCUT2D eigenvalue weighted by Gasteiger charge is 2.77. The number of benzene rings is 2. The molecule has 2 amide bonds. The molecule has 69 heavy (non-hydrogen) atoms. The van der Waals surface area contributed by atoms with Gasteiger partial charge in [-0.25, -0.2) is 14.4 Å². The molecular formula is C51H66N2O16. The first-order valence-electron chi connectivity index (χ1n) is 23.3. The van der Waals surface area contributed by atoms with Gasteiger partial charge in [0.15, 0.2) is 5.60 Å². The summed E-state index contributed by atoms with van der Waals surface area (Å²) in [6.07, 6.45) is -9.23. The van der Waals surface area contributed by atoms with Crippen LogP contribution >= 0.6 is 0 Å². The van der Waals surface area contributed by atoms with Crippen molar-refractivity contribution in [1.82, 2.24) is 10.6 Å². The van der Waals surface area contributed by atoms with Crippen molar-refractivity contribution in [3.63, 3.8) is 0 Å². The zero-order valence-electron chi connectivity index (χ0n) is 41.0. The molecule has 18 nitrogen and oxygen atoms in total. The molecule has 376 valence electrons. The summed E-state index contributed by atoms with van der Waals surface area (Å²) in [4.78, 5) is 97.7. The lowest BCUT2D eigenvalue weighted by Crippen LogP contribution is -2.81. The van der Waals surface area contributed by atoms with Gasteiger partial charge in [0.2, 0.25) is 12.0 Å². The molecule has 6 rings (SSSR count). The lowest BCUT2D eigenvalue weighted by molar-refractivity contribution is -0.345. The number of hydrogen-bond acceptors (Lipinski definition) is 16. The number of ketones is 1. The van der Waals surface area contributed by atoms with Gasteiger partial charge in [0.1, 0.15) is 47.9 Å². The maximum Gasteiger partial charge on any atom is 0.408 e. The minimum atomic E-state index is -2.30. The van der Waals surface area contributed by atoms with E-state index >= 15 is 9.59 Å². The smallest absolute Gasteiger partial charge is 0.408 e. The maximum atomic E-state index is 15.4. The molecule has 2 saturated carbocycles. The number of esters is 4. The Morgan fingerprint density at radius 2 is 1.59 bits per heavy atom. The zero-order valence-corrected chi connectivity index (χ0v) is 41.0. The Balaban J connectivity index is 1.49. The first-order chi connectivity index (χ1) is 32.3. The predicted octanol–water partition coefficient (Wildman–Crippen LogP) is 4.63. The fraction of sp³-hybridized carbons (Fsp3) is 0.588. The normalized spacial score (nSPS) is 30.0. The fourth-order valence-electron chi connectivity index (χ4n) is 10.9. The number of carbonyl (C=O) groups is 7. The topological polar surface area (TPSA) is 249 Å². The van der Waals surface area contributed by atoms with Crippen LogP contribution in [0.25, 0.3) is 0 Å². The molecule has 2 aromatic rings. The van der Waals surface area contributed by atoms with Crippen LogP contribution in [0.2, 0.25) is 0 Å². The Hall–Kier alpha value is -5.69. The molecule has 1 aliphatic heterocycles. The van der Waals surface area contributed by atoms with E-state index in [2.05, 4.69) is 10.6 Å². The second-order valence-electron chi connectivity index (χ2n) is 20.1. The average Bonchev–Trinajstić information content (AvgIpc) is 3.28. The number of fused-ring (bicyclic) bond motifs is 5. The standard InChI is InChI=1S/C51H66N2O16/c1-11-63-23-22-36(56)52-26-37(57)66-40(39(31-18-14-12-15-19-31)53-46(61)69-47(5,6)7)45(60)65-33-25-51(62)43(67-44(59)32-20-16-13-17-21-32)41-49(10,42(58)29(3)38(28(33)2)48(51,8)9)34(55)24-35-50(41,27-64-35)68-30(4)54/h12-21,29,33-35,39-41,43,55,62H,11,22-27H2,1-10H3,(H,52,56)(H,53,61)/t29-,33+,34+,35-,39+,40-,41+,43+,49-,50+,51-/m1/s1. The summed E-state index contributed by atoms with van der Waals surface area (Å²) in [5.74, 6) is -7.52. The van der Waals surface area contributed by atoms with Gasteiger partial charge in [0, 0.05) is 44.1 Å². The minimum absolute atomic E-state index is 0.0639.